The summed E-state index contributed by atoms with van der Waals surface area (Å²) in [7, 11) is -1.53. The van der Waals surface area contributed by atoms with E-state index in [4.69, 9.17) is 17.0 Å². The molecule has 0 amide bonds. The summed E-state index contributed by atoms with van der Waals surface area (Å²) in [5, 5.41) is 7.31. The molecular formula is C18H26N4O3S2. The van der Waals surface area contributed by atoms with Crippen molar-refractivity contribution in [2.75, 3.05) is 26.0 Å². The van der Waals surface area contributed by atoms with Gasteiger partial charge >= 0.3 is 0 Å². The Labute approximate surface area is 165 Å². The third-order valence-electron chi connectivity index (χ3n) is 5.08. The molecule has 1 atom stereocenters. The number of nitrogens with one attached hydrogen (secondary N) is 1. The molecule has 0 radical (unpaired) electrons. The number of nitrogens with zero attached hydrogens (tertiary/aromatic N) is 3. The van der Waals surface area contributed by atoms with Gasteiger partial charge in [-0.1, -0.05) is 12.1 Å². The van der Waals surface area contributed by atoms with Gasteiger partial charge in [0.15, 0.2) is 4.77 Å². The molecule has 1 aliphatic heterocycles. The van der Waals surface area contributed by atoms with Crippen molar-refractivity contribution in [3.8, 4) is 5.75 Å². The first-order chi connectivity index (χ1) is 12.9. The fourth-order valence-corrected chi connectivity index (χ4v) is 4.89. The number of sulfonamides is 1. The van der Waals surface area contributed by atoms with Gasteiger partial charge < -0.3 is 9.30 Å². The van der Waals surface area contributed by atoms with E-state index < -0.39 is 10.0 Å². The Morgan fingerprint density at radius 1 is 1.33 bits per heavy atom. The van der Waals surface area contributed by atoms with Crippen LogP contribution in [0.2, 0.25) is 0 Å². The van der Waals surface area contributed by atoms with E-state index in [-0.39, 0.29) is 11.7 Å². The van der Waals surface area contributed by atoms with Gasteiger partial charge in [0, 0.05) is 25.6 Å². The second kappa shape index (κ2) is 8.53. The zero-order valence-electron chi connectivity index (χ0n) is 15.7. The number of piperidine rings is 1. The van der Waals surface area contributed by atoms with Crippen LogP contribution < -0.4 is 4.74 Å². The number of aryl methyl sites for hydroxylation is 1. The predicted octanol–water partition coefficient (Wildman–Crippen LogP) is 2.72. The van der Waals surface area contributed by atoms with E-state index in [2.05, 4.69) is 10.2 Å². The van der Waals surface area contributed by atoms with Gasteiger partial charge in [0.2, 0.25) is 10.0 Å². The van der Waals surface area contributed by atoms with Gasteiger partial charge in [0.1, 0.15) is 11.6 Å². The quantitative estimate of drug-likeness (QED) is 0.710. The smallest absolute Gasteiger partial charge is 0.213 e. The molecule has 2 aromatic rings. The number of aromatic amines is 1. The molecule has 0 aliphatic carbocycles. The number of hydrogen-bond acceptors (Lipinski definition) is 5. The molecule has 7 nitrogen and oxygen atoms in total. The molecule has 27 heavy (non-hydrogen) atoms. The zero-order valence-corrected chi connectivity index (χ0v) is 17.4. The molecule has 1 N–H and O–H groups in total. The minimum atomic E-state index is -3.18. The molecule has 0 spiro atoms. The predicted molar refractivity (Wildman–Crippen MR) is 107 cm³/mol. The number of rotatable bonds is 7. The van der Waals surface area contributed by atoms with Crippen LogP contribution >= 0.6 is 12.2 Å². The summed E-state index contributed by atoms with van der Waals surface area (Å²) < 4.78 is 33.9. The summed E-state index contributed by atoms with van der Waals surface area (Å²) in [6, 6.07) is 7.97. The van der Waals surface area contributed by atoms with Gasteiger partial charge in [-0.2, -0.15) is 5.10 Å². The van der Waals surface area contributed by atoms with Crippen LogP contribution in [0.3, 0.4) is 0 Å². The summed E-state index contributed by atoms with van der Waals surface area (Å²) in [4.78, 5) is 0. The van der Waals surface area contributed by atoms with E-state index in [1.54, 1.807) is 18.3 Å². The molecule has 0 bridgehead atoms. The van der Waals surface area contributed by atoms with Crippen molar-refractivity contribution in [1.29, 1.82) is 0 Å². The van der Waals surface area contributed by atoms with Crippen molar-refractivity contribution in [2.24, 2.45) is 0 Å². The third kappa shape index (κ3) is 4.59. The van der Waals surface area contributed by atoms with E-state index in [9.17, 15) is 8.42 Å². The summed E-state index contributed by atoms with van der Waals surface area (Å²) in [6.45, 7) is 3.44. The Kier molecular flexibility index (Phi) is 6.33. The fraction of sp³-hybridized carbons (Fsp3) is 0.556. The molecule has 2 heterocycles. The van der Waals surface area contributed by atoms with E-state index in [1.807, 2.05) is 28.8 Å². The lowest BCUT2D eigenvalue weighted by Crippen LogP contribution is -2.40. The van der Waals surface area contributed by atoms with Crippen LogP contribution in [0, 0.1) is 4.77 Å². The fourth-order valence-electron chi connectivity index (χ4n) is 3.48. The molecule has 3 rings (SSSR count). The summed E-state index contributed by atoms with van der Waals surface area (Å²) >= 11 is 5.42. The monoisotopic (exact) mass is 410 g/mol. The molecular weight excluding hydrogens is 384 g/mol. The summed E-state index contributed by atoms with van der Waals surface area (Å²) in [6.07, 6.45) is 2.56. The van der Waals surface area contributed by atoms with Crippen LogP contribution in [-0.4, -0.2) is 53.4 Å². The molecule has 148 valence electrons. The first-order valence-corrected chi connectivity index (χ1v) is 11.2. The maximum atomic E-state index is 12.2. The van der Waals surface area contributed by atoms with E-state index in [0.717, 1.165) is 30.8 Å². The Bertz CT molecular complexity index is 919. The molecule has 0 unspecified atom stereocenters. The lowest BCUT2D eigenvalue weighted by atomic mass is 9.98. The van der Waals surface area contributed by atoms with Crippen molar-refractivity contribution < 1.29 is 13.2 Å². The molecule has 1 saturated heterocycles. The van der Waals surface area contributed by atoms with Crippen LogP contribution in [0.15, 0.2) is 24.3 Å². The lowest BCUT2D eigenvalue weighted by molar-refractivity contribution is 0.304. The Morgan fingerprint density at radius 2 is 2.07 bits per heavy atom. The Balaban J connectivity index is 1.74. The van der Waals surface area contributed by atoms with Crippen molar-refractivity contribution >= 4 is 22.2 Å². The number of hydrogen-bond donors (Lipinski definition) is 1. The number of methoxy groups -OCH3 is 1. The van der Waals surface area contributed by atoms with Crippen LogP contribution in [0.1, 0.15) is 37.1 Å². The minimum absolute atomic E-state index is 0.0592. The lowest BCUT2D eigenvalue weighted by Gasteiger charge is -2.31. The van der Waals surface area contributed by atoms with Crippen LogP contribution in [-0.2, 0) is 23.0 Å². The average Bonchev–Trinajstić information content (AvgIpc) is 3.07. The van der Waals surface area contributed by atoms with Crippen molar-refractivity contribution in [3.05, 3.63) is 40.4 Å². The van der Waals surface area contributed by atoms with Gasteiger partial charge in [-0.05, 0) is 56.1 Å². The maximum Gasteiger partial charge on any atom is 0.213 e. The van der Waals surface area contributed by atoms with Gasteiger partial charge in [0.05, 0.1) is 12.9 Å². The highest BCUT2D eigenvalue weighted by atomic mass is 32.2. The number of aromatic nitrogens is 3. The SMILES string of the molecule is CCS(=O)(=O)N1CCC[C@H](c2n[nH]c(=S)n2CCc2ccc(OC)cc2)C1. The van der Waals surface area contributed by atoms with Crippen molar-refractivity contribution in [3.63, 3.8) is 0 Å². The Morgan fingerprint density at radius 3 is 2.74 bits per heavy atom. The van der Waals surface area contributed by atoms with Gasteiger partial charge in [-0.3, -0.25) is 5.10 Å². The van der Waals surface area contributed by atoms with Crippen molar-refractivity contribution in [1.82, 2.24) is 19.1 Å². The molecule has 1 aromatic carbocycles. The van der Waals surface area contributed by atoms with Gasteiger partial charge in [-0.15, -0.1) is 0 Å². The van der Waals surface area contributed by atoms with E-state index in [1.165, 1.54) is 5.56 Å². The van der Waals surface area contributed by atoms with Crippen molar-refractivity contribution in [2.45, 2.75) is 38.6 Å². The number of H-pyrrole nitrogens is 1. The zero-order chi connectivity index (χ0) is 19.4. The highest BCUT2D eigenvalue weighted by Gasteiger charge is 2.31. The summed E-state index contributed by atoms with van der Waals surface area (Å²) in [5.41, 5.74) is 1.18. The first-order valence-electron chi connectivity index (χ1n) is 9.20. The van der Waals surface area contributed by atoms with Crippen LogP contribution in [0.25, 0.3) is 0 Å². The normalized spacial score (nSPS) is 18.5. The highest BCUT2D eigenvalue weighted by Crippen LogP contribution is 2.27. The second-order valence-corrected chi connectivity index (χ2v) is 9.38. The first kappa shape index (κ1) is 20.0. The summed E-state index contributed by atoms with van der Waals surface area (Å²) in [5.74, 6) is 1.87. The highest BCUT2D eigenvalue weighted by molar-refractivity contribution is 7.89. The van der Waals surface area contributed by atoms with E-state index in [0.29, 0.717) is 24.4 Å². The third-order valence-corrected chi connectivity index (χ3v) is 7.24. The molecule has 0 saturated carbocycles. The molecule has 1 fully saturated rings. The number of ether oxygens (including phenoxy) is 1. The molecule has 1 aliphatic rings. The van der Waals surface area contributed by atoms with Crippen LogP contribution in [0.5, 0.6) is 5.75 Å². The van der Waals surface area contributed by atoms with Gasteiger partial charge in [-0.25, -0.2) is 12.7 Å². The number of benzene rings is 1. The van der Waals surface area contributed by atoms with Crippen LogP contribution in [0.4, 0.5) is 0 Å². The molecule has 1 aromatic heterocycles. The Hall–Kier alpha value is -1.71. The average molecular weight is 411 g/mol. The maximum absolute atomic E-state index is 12.2. The molecule has 9 heteroatoms. The largest absolute Gasteiger partial charge is 0.497 e. The van der Waals surface area contributed by atoms with E-state index >= 15 is 0 Å². The topological polar surface area (TPSA) is 80.2 Å². The second-order valence-electron chi connectivity index (χ2n) is 6.73. The standard InChI is InChI=1S/C18H26N4O3S2/c1-3-27(23,24)21-11-4-5-15(13-21)17-19-20-18(26)22(17)12-10-14-6-8-16(25-2)9-7-14/h6-9,15H,3-5,10-13H2,1-2H3,(H,20,26)/t15-/m0/s1. The van der Waals surface area contributed by atoms with Gasteiger partial charge in [0.25, 0.3) is 0 Å². The minimum Gasteiger partial charge on any atom is -0.497 e.